The fraction of sp³-hybridized carbons (Fsp3) is 0.739. The van der Waals surface area contributed by atoms with Crippen molar-refractivity contribution in [3.63, 3.8) is 0 Å². The average Bonchev–Trinajstić information content (AvgIpc) is 2.61. The fourth-order valence-corrected chi connectivity index (χ4v) is 4.01. The van der Waals surface area contributed by atoms with E-state index < -0.39 is 0 Å². The number of ether oxygens (including phenoxy) is 1. The zero-order valence-corrected chi connectivity index (χ0v) is 17.4. The predicted molar refractivity (Wildman–Crippen MR) is 109 cm³/mol. The van der Waals surface area contributed by atoms with Gasteiger partial charge in [-0.15, -0.1) is 0 Å². The Kier molecular flexibility index (Phi) is 11.1. The topological polar surface area (TPSA) is 49.7 Å². The van der Waals surface area contributed by atoms with Crippen molar-refractivity contribution < 1.29 is 14.9 Å². The molecule has 0 aromatic heterocycles. The molecule has 0 aliphatic carbocycles. The smallest absolute Gasteiger partial charge is 0.0717 e. The lowest BCUT2D eigenvalue weighted by atomic mass is 9.82. The van der Waals surface area contributed by atoms with Crippen molar-refractivity contribution in [1.29, 1.82) is 0 Å². The van der Waals surface area contributed by atoms with Gasteiger partial charge in [0.15, 0.2) is 0 Å². The molecule has 0 bridgehead atoms. The molecule has 0 fully saturated rings. The maximum atomic E-state index is 10.6. The minimum Gasteiger partial charge on any atom is -0.396 e. The molecule has 1 aromatic rings. The van der Waals surface area contributed by atoms with Gasteiger partial charge in [0.2, 0.25) is 0 Å². The molecule has 0 aliphatic rings. The number of aliphatic hydroxyl groups excluding tert-OH is 2. The van der Waals surface area contributed by atoms with Crippen LogP contribution in [0.5, 0.6) is 0 Å². The molecule has 1 rings (SSSR count). The molecule has 0 saturated heterocycles. The van der Waals surface area contributed by atoms with Crippen LogP contribution in [0.4, 0.5) is 0 Å². The maximum Gasteiger partial charge on any atom is 0.0717 e. The van der Waals surface area contributed by atoms with Gasteiger partial charge in [-0.3, -0.25) is 0 Å². The van der Waals surface area contributed by atoms with Crippen LogP contribution in [0.2, 0.25) is 0 Å². The number of aliphatic hydroxyl groups is 2. The van der Waals surface area contributed by atoms with Gasteiger partial charge in [-0.1, -0.05) is 65.0 Å². The highest BCUT2D eigenvalue weighted by atomic mass is 16.5. The first-order valence-electron chi connectivity index (χ1n) is 10.2. The van der Waals surface area contributed by atoms with Crippen molar-refractivity contribution in [1.82, 2.24) is 0 Å². The Balaban J connectivity index is 2.30. The van der Waals surface area contributed by atoms with Gasteiger partial charge in [0.05, 0.1) is 19.3 Å². The molecule has 6 atom stereocenters. The first-order valence-corrected chi connectivity index (χ1v) is 10.2. The Bertz CT molecular complexity index is 462. The van der Waals surface area contributed by atoms with E-state index in [0.29, 0.717) is 31.0 Å². The second-order valence-corrected chi connectivity index (χ2v) is 8.65. The minimum atomic E-state index is -0.333. The first kappa shape index (κ1) is 23.1. The molecule has 0 amide bonds. The van der Waals surface area contributed by atoms with Gasteiger partial charge in [-0.25, -0.2) is 0 Å². The number of hydrogen-bond donors (Lipinski definition) is 2. The van der Waals surface area contributed by atoms with Crippen LogP contribution in [-0.2, 0) is 11.3 Å². The number of rotatable bonds is 13. The second kappa shape index (κ2) is 12.5. The van der Waals surface area contributed by atoms with E-state index in [1.165, 1.54) is 5.56 Å². The zero-order valence-electron chi connectivity index (χ0n) is 17.4. The van der Waals surface area contributed by atoms with Gasteiger partial charge < -0.3 is 14.9 Å². The summed E-state index contributed by atoms with van der Waals surface area (Å²) in [5, 5.41) is 19.8. The summed E-state index contributed by atoms with van der Waals surface area (Å²) in [5.74, 6) is 1.97. The quantitative estimate of drug-likeness (QED) is 0.523. The predicted octanol–water partition coefficient (Wildman–Crippen LogP) is 4.91. The van der Waals surface area contributed by atoms with Gasteiger partial charge in [0, 0.05) is 12.5 Å². The van der Waals surface area contributed by atoms with Crippen molar-refractivity contribution in [2.45, 2.75) is 66.6 Å². The van der Waals surface area contributed by atoms with Crippen LogP contribution in [0.25, 0.3) is 0 Å². The van der Waals surface area contributed by atoms with E-state index in [1.807, 2.05) is 18.2 Å². The third kappa shape index (κ3) is 9.16. The summed E-state index contributed by atoms with van der Waals surface area (Å²) >= 11 is 0. The standard InChI is InChI=1S/C23H40O3/c1-17(12-19(3)14-24)11-18(2)13-20(4)23(25)21(5)15-26-16-22-9-7-6-8-10-22/h6-10,17-21,23-25H,11-16H2,1-5H3/t17-,18-,19+,20-,21-,23+/m1/s1. The highest BCUT2D eigenvalue weighted by Crippen LogP contribution is 2.27. The molecule has 0 aliphatic heterocycles. The van der Waals surface area contributed by atoms with Crippen LogP contribution >= 0.6 is 0 Å². The van der Waals surface area contributed by atoms with Gasteiger partial charge >= 0.3 is 0 Å². The van der Waals surface area contributed by atoms with E-state index in [9.17, 15) is 10.2 Å². The highest BCUT2D eigenvalue weighted by Gasteiger charge is 2.24. The van der Waals surface area contributed by atoms with Crippen molar-refractivity contribution in [3.05, 3.63) is 35.9 Å². The van der Waals surface area contributed by atoms with Crippen molar-refractivity contribution in [3.8, 4) is 0 Å². The van der Waals surface area contributed by atoms with Gasteiger partial charge in [0.1, 0.15) is 0 Å². The summed E-state index contributed by atoms with van der Waals surface area (Å²) in [6.45, 7) is 12.3. The Hall–Kier alpha value is -0.900. The van der Waals surface area contributed by atoms with Crippen LogP contribution in [0.1, 0.15) is 59.4 Å². The third-order valence-electron chi connectivity index (χ3n) is 5.35. The summed E-state index contributed by atoms with van der Waals surface area (Å²) < 4.78 is 5.79. The molecule has 0 spiro atoms. The fourth-order valence-electron chi connectivity index (χ4n) is 4.01. The average molecular weight is 365 g/mol. The lowest BCUT2D eigenvalue weighted by Crippen LogP contribution is -2.30. The summed E-state index contributed by atoms with van der Waals surface area (Å²) in [4.78, 5) is 0. The lowest BCUT2D eigenvalue weighted by Gasteiger charge is -2.28. The van der Waals surface area contributed by atoms with E-state index in [4.69, 9.17) is 4.74 Å². The summed E-state index contributed by atoms with van der Waals surface area (Å²) in [6, 6.07) is 10.2. The van der Waals surface area contributed by atoms with Gasteiger partial charge in [-0.2, -0.15) is 0 Å². The van der Waals surface area contributed by atoms with Crippen molar-refractivity contribution in [2.75, 3.05) is 13.2 Å². The largest absolute Gasteiger partial charge is 0.396 e. The molecule has 0 radical (unpaired) electrons. The van der Waals surface area contributed by atoms with E-state index in [-0.39, 0.29) is 24.5 Å². The normalized spacial score (nSPS) is 18.7. The molecule has 3 nitrogen and oxygen atoms in total. The second-order valence-electron chi connectivity index (χ2n) is 8.65. The SMILES string of the molecule is C[C@@H](C[C@H](C)CO)C[C@@H](C)C[C@@H](C)[C@H](O)[C@H](C)COCc1ccccc1. The minimum absolute atomic E-state index is 0.132. The summed E-state index contributed by atoms with van der Waals surface area (Å²) in [6.07, 6.45) is 2.92. The van der Waals surface area contributed by atoms with Crippen LogP contribution in [-0.4, -0.2) is 29.5 Å². The molecule has 150 valence electrons. The molecule has 3 heteroatoms. The maximum absolute atomic E-state index is 10.6. The summed E-state index contributed by atoms with van der Waals surface area (Å²) in [7, 11) is 0. The summed E-state index contributed by atoms with van der Waals surface area (Å²) in [5.41, 5.74) is 1.17. The molecule has 0 saturated carbocycles. The number of hydrogen-bond acceptors (Lipinski definition) is 3. The van der Waals surface area contributed by atoms with E-state index in [2.05, 4.69) is 46.8 Å². The number of benzene rings is 1. The van der Waals surface area contributed by atoms with Crippen LogP contribution in [0.3, 0.4) is 0 Å². The Morgan fingerprint density at radius 1 is 0.808 bits per heavy atom. The third-order valence-corrected chi connectivity index (χ3v) is 5.35. The van der Waals surface area contributed by atoms with Crippen molar-refractivity contribution in [2.24, 2.45) is 29.6 Å². The highest BCUT2D eigenvalue weighted by molar-refractivity contribution is 5.13. The molecule has 2 N–H and O–H groups in total. The first-order chi connectivity index (χ1) is 12.3. The molecular formula is C23H40O3. The van der Waals surface area contributed by atoms with Gasteiger partial charge in [0.25, 0.3) is 0 Å². The van der Waals surface area contributed by atoms with Crippen LogP contribution in [0.15, 0.2) is 30.3 Å². The van der Waals surface area contributed by atoms with Crippen LogP contribution < -0.4 is 0 Å². The monoisotopic (exact) mass is 364 g/mol. The molecule has 0 unspecified atom stereocenters. The zero-order chi connectivity index (χ0) is 19.5. The Morgan fingerprint density at radius 2 is 1.38 bits per heavy atom. The molecule has 0 heterocycles. The van der Waals surface area contributed by atoms with E-state index in [1.54, 1.807) is 0 Å². The van der Waals surface area contributed by atoms with Crippen molar-refractivity contribution >= 4 is 0 Å². The lowest BCUT2D eigenvalue weighted by molar-refractivity contribution is -0.00156. The van der Waals surface area contributed by atoms with Gasteiger partial charge in [-0.05, 0) is 48.5 Å². The van der Waals surface area contributed by atoms with E-state index in [0.717, 1.165) is 19.3 Å². The van der Waals surface area contributed by atoms with E-state index >= 15 is 0 Å². The molecule has 26 heavy (non-hydrogen) atoms. The molecular weight excluding hydrogens is 324 g/mol. The van der Waals surface area contributed by atoms with Crippen LogP contribution in [0, 0.1) is 29.6 Å². The molecule has 1 aromatic carbocycles. The Labute approximate surface area is 160 Å². The Morgan fingerprint density at radius 3 is 2.00 bits per heavy atom.